The van der Waals surface area contributed by atoms with E-state index in [4.69, 9.17) is 22.1 Å². The fraction of sp³-hybridized carbons (Fsp3) is 0.538. The van der Waals surface area contributed by atoms with Gasteiger partial charge >= 0.3 is 0 Å². The van der Waals surface area contributed by atoms with Crippen LogP contribution in [0.4, 0.5) is 0 Å². The van der Waals surface area contributed by atoms with Crippen molar-refractivity contribution >= 4 is 11.6 Å². The molecule has 2 nitrogen and oxygen atoms in total. The number of benzene rings is 1. The van der Waals surface area contributed by atoms with Gasteiger partial charge in [-0.15, -0.1) is 0 Å². The van der Waals surface area contributed by atoms with Gasteiger partial charge in [0.2, 0.25) is 0 Å². The summed E-state index contributed by atoms with van der Waals surface area (Å²) in [5.74, 6) is 0.847. The lowest BCUT2D eigenvalue weighted by Gasteiger charge is -2.17. The van der Waals surface area contributed by atoms with Crippen LogP contribution in [0, 0.1) is 0 Å². The highest BCUT2D eigenvalue weighted by Gasteiger charge is 2.42. The molecule has 0 saturated heterocycles. The van der Waals surface area contributed by atoms with Crippen LogP contribution < -0.4 is 10.5 Å². The predicted octanol–water partition coefficient (Wildman–Crippen LogP) is 3.00. The third-order valence-corrected chi connectivity index (χ3v) is 3.76. The van der Waals surface area contributed by atoms with Crippen molar-refractivity contribution in [2.24, 2.45) is 5.73 Å². The van der Waals surface area contributed by atoms with Gasteiger partial charge in [-0.25, -0.2) is 0 Å². The highest BCUT2D eigenvalue weighted by molar-refractivity contribution is 6.32. The highest BCUT2D eigenvalue weighted by atomic mass is 35.5. The number of rotatable bonds is 1. The average Bonchev–Trinajstić information content (AvgIpc) is 2.82. The summed E-state index contributed by atoms with van der Waals surface area (Å²) in [5, 5.41) is 0.704. The summed E-state index contributed by atoms with van der Waals surface area (Å²) in [6.07, 6.45) is 3.03. The Labute approximate surface area is 101 Å². The molecule has 1 heterocycles. The molecule has 2 aliphatic rings. The molecule has 0 amide bonds. The maximum Gasteiger partial charge on any atom is 0.142 e. The topological polar surface area (TPSA) is 35.2 Å². The zero-order valence-corrected chi connectivity index (χ0v) is 10.4. The van der Waals surface area contributed by atoms with Crippen molar-refractivity contribution in [1.82, 2.24) is 0 Å². The van der Waals surface area contributed by atoms with Crippen molar-refractivity contribution in [3.8, 4) is 5.75 Å². The van der Waals surface area contributed by atoms with Gasteiger partial charge in [0.05, 0.1) is 5.02 Å². The molecule has 0 atom stereocenters. The summed E-state index contributed by atoms with van der Waals surface area (Å²) < 4.78 is 5.84. The van der Waals surface area contributed by atoms with Crippen LogP contribution in [0.2, 0.25) is 5.02 Å². The number of fused-ring (bicyclic) bond motifs is 1. The van der Waals surface area contributed by atoms with E-state index in [1.807, 2.05) is 6.07 Å². The summed E-state index contributed by atoms with van der Waals surface area (Å²) in [6.45, 7) is 4.16. The molecule has 1 aromatic rings. The Balaban J connectivity index is 2.07. The molecule has 0 aromatic heterocycles. The van der Waals surface area contributed by atoms with Gasteiger partial charge in [0, 0.05) is 12.0 Å². The third kappa shape index (κ3) is 1.52. The van der Waals surface area contributed by atoms with E-state index in [2.05, 4.69) is 19.9 Å². The first-order chi connectivity index (χ1) is 7.40. The van der Waals surface area contributed by atoms with Crippen LogP contribution in [0.5, 0.6) is 5.75 Å². The smallest absolute Gasteiger partial charge is 0.142 e. The Bertz CT molecular complexity index is 463. The molecular formula is C13H16ClNO. The molecule has 86 valence electrons. The normalized spacial score (nSPS) is 23.8. The summed E-state index contributed by atoms with van der Waals surface area (Å²) >= 11 is 6.26. The lowest BCUT2D eigenvalue weighted by Crippen LogP contribution is -2.24. The predicted molar refractivity (Wildman–Crippen MR) is 65.0 cm³/mol. The first-order valence-electron chi connectivity index (χ1n) is 5.70. The molecule has 0 spiro atoms. The Hall–Kier alpha value is -0.730. The largest absolute Gasteiger partial charge is 0.486 e. The molecule has 1 aliphatic carbocycles. The minimum Gasteiger partial charge on any atom is -0.486 e. The second kappa shape index (κ2) is 2.93. The van der Waals surface area contributed by atoms with Crippen molar-refractivity contribution in [3.05, 3.63) is 28.3 Å². The quantitative estimate of drug-likeness (QED) is 0.815. The number of hydrogen-bond acceptors (Lipinski definition) is 2. The first kappa shape index (κ1) is 10.4. The summed E-state index contributed by atoms with van der Waals surface area (Å²) in [7, 11) is 0. The number of ether oxygens (including phenoxy) is 1. The number of halogens is 1. The van der Waals surface area contributed by atoms with E-state index in [0.29, 0.717) is 5.02 Å². The molecule has 3 rings (SSSR count). The van der Waals surface area contributed by atoms with Crippen molar-refractivity contribution in [3.63, 3.8) is 0 Å². The Kier molecular flexibility index (Phi) is 1.91. The van der Waals surface area contributed by atoms with E-state index in [0.717, 1.165) is 30.6 Å². The third-order valence-electron chi connectivity index (χ3n) is 3.48. The van der Waals surface area contributed by atoms with E-state index >= 15 is 0 Å². The molecule has 2 N–H and O–H groups in total. The lowest BCUT2D eigenvalue weighted by atomic mass is 9.97. The molecule has 3 heteroatoms. The van der Waals surface area contributed by atoms with Crippen LogP contribution in [-0.2, 0) is 12.0 Å². The Morgan fingerprint density at radius 2 is 2.00 bits per heavy atom. The highest BCUT2D eigenvalue weighted by Crippen LogP contribution is 2.48. The number of nitrogens with two attached hydrogens (primary N) is 1. The maximum absolute atomic E-state index is 6.26. The minimum atomic E-state index is -0.143. The molecule has 0 unspecified atom stereocenters. The second-order valence-corrected chi connectivity index (χ2v) is 6.05. The van der Waals surface area contributed by atoms with Crippen LogP contribution in [0.15, 0.2) is 12.1 Å². The van der Waals surface area contributed by atoms with Gasteiger partial charge < -0.3 is 10.5 Å². The van der Waals surface area contributed by atoms with E-state index in [9.17, 15) is 0 Å². The van der Waals surface area contributed by atoms with Crippen LogP contribution in [0.1, 0.15) is 37.8 Å². The van der Waals surface area contributed by atoms with Crippen LogP contribution in [-0.4, -0.2) is 5.60 Å². The Morgan fingerprint density at radius 1 is 1.31 bits per heavy atom. The molecule has 0 bridgehead atoms. The van der Waals surface area contributed by atoms with E-state index in [1.54, 1.807) is 0 Å². The molecule has 1 saturated carbocycles. The second-order valence-electron chi connectivity index (χ2n) is 5.64. The molecule has 1 fully saturated rings. The monoisotopic (exact) mass is 237 g/mol. The molecule has 0 radical (unpaired) electrons. The molecule has 1 aromatic carbocycles. The summed E-state index contributed by atoms with van der Waals surface area (Å²) in [5.41, 5.74) is 8.30. The van der Waals surface area contributed by atoms with Crippen molar-refractivity contribution < 1.29 is 4.74 Å². The van der Waals surface area contributed by atoms with Gasteiger partial charge in [-0.3, -0.25) is 0 Å². The summed E-state index contributed by atoms with van der Waals surface area (Å²) in [6, 6.07) is 4.14. The van der Waals surface area contributed by atoms with Gasteiger partial charge in [0.15, 0.2) is 0 Å². The molecule has 16 heavy (non-hydrogen) atoms. The van der Waals surface area contributed by atoms with Gasteiger partial charge in [-0.05, 0) is 43.9 Å². The number of hydrogen-bond donors (Lipinski definition) is 1. The van der Waals surface area contributed by atoms with E-state index in [-0.39, 0.29) is 11.1 Å². The first-order valence-corrected chi connectivity index (χ1v) is 6.08. The lowest BCUT2D eigenvalue weighted by molar-refractivity contribution is 0.138. The van der Waals surface area contributed by atoms with E-state index < -0.39 is 0 Å². The zero-order chi connectivity index (χ0) is 11.6. The maximum atomic E-state index is 6.26. The SMILES string of the molecule is CC1(C)Cc2cc(C3(N)CC3)cc(Cl)c2O1. The Morgan fingerprint density at radius 3 is 2.62 bits per heavy atom. The van der Waals surface area contributed by atoms with Gasteiger partial charge in [-0.1, -0.05) is 17.7 Å². The summed E-state index contributed by atoms with van der Waals surface area (Å²) in [4.78, 5) is 0. The van der Waals surface area contributed by atoms with Crippen LogP contribution in [0.3, 0.4) is 0 Å². The van der Waals surface area contributed by atoms with Gasteiger partial charge in [0.1, 0.15) is 11.4 Å². The molecular weight excluding hydrogens is 222 g/mol. The fourth-order valence-electron chi connectivity index (χ4n) is 2.38. The van der Waals surface area contributed by atoms with Crippen LogP contribution in [0.25, 0.3) is 0 Å². The van der Waals surface area contributed by atoms with Crippen LogP contribution >= 0.6 is 11.6 Å². The minimum absolute atomic E-state index is 0.120. The molecule has 1 aliphatic heterocycles. The van der Waals surface area contributed by atoms with Crippen molar-refractivity contribution in [2.45, 2.75) is 44.2 Å². The van der Waals surface area contributed by atoms with Crippen molar-refractivity contribution in [1.29, 1.82) is 0 Å². The van der Waals surface area contributed by atoms with Crippen molar-refractivity contribution in [2.75, 3.05) is 0 Å². The van der Waals surface area contributed by atoms with E-state index in [1.165, 1.54) is 5.56 Å². The standard InChI is InChI=1S/C13H16ClNO/c1-12(2)7-8-5-9(13(15)3-4-13)6-10(14)11(8)16-12/h5-6H,3-4,7,15H2,1-2H3. The van der Waals surface area contributed by atoms with Gasteiger partial charge in [0.25, 0.3) is 0 Å². The zero-order valence-electron chi connectivity index (χ0n) is 9.64. The average molecular weight is 238 g/mol. The van der Waals surface area contributed by atoms with Gasteiger partial charge in [-0.2, -0.15) is 0 Å². The fourth-order valence-corrected chi connectivity index (χ4v) is 2.66.